The molecule has 2 aliphatic heterocycles. The molecule has 0 aliphatic carbocycles. The molecule has 2 aliphatic rings. The number of hydrogen-bond donors (Lipinski definition) is 1. The van der Waals surface area contributed by atoms with E-state index in [0.717, 1.165) is 37.2 Å². The summed E-state index contributed by atoms with van der Waals surface area (Å²) in [7, 11) is 0. The van der Waals surface area contributed by atoms with Crippen LogP contribution in [0.5, 0.6) is 0 Å². The molecule has 2 fully saturated rings. The number of halogens is 1. The fourth-order valence-corrected chi connectivity index (χ4v) is 3.56. The number of piperidine rings is 1. The molecule has 2 saturated heterocycles. The molecule has 7 nitrogen and oxygen atoms in total. The van der Waals surface area contributed by atoms with Crippen LogP contribution in [0.1, 0.15) is 30.5 Å². The third kappa shape index (κ3) is 3.44. The standard InChI is InChI=1S/C15H21ClN4O3/c1-10-12(14(16)23-18-10)2-3-13(21)19-7-4-11(5-8-19)20-9-6-17-15(20)22/h11H,2-9H2,1H3,(H,17,22). The van der Waals surface area contributed by atoms with Gasteiger partial charge in [0.25, 0.3) is 0 Å². The van der Waals surface area contributed by atoms with Gasteiger partial charge in [0.05, 0.1) is 5.69 Å². The van der Waals surface area contributed by atoms with E-state index in [9.17, 15) is 9.59 Å². The van der Waals surface area contributed by atoms with E-state index in [4.69, 9.17) is 16.1 Å². The Morgan fingerprint density at radius 2 is 2.13 bits per heavy atom. The molecule has 1 N–H and O–H groups in total. The summed E-state index contributed by atoms with van der Waals surface area (Å²) in [4.78, 5) is 27.8. The first-order valence-corrected chi connectivity index (χ1v) is 8.37. The van der Waals surface area contributed by atoms with Gasteiger partial charge in [-0.1, -0.05) is 5.16 Å². The smallest absolute Gasteiger partial charge is 0.317 e. The minimum Gasteiger partial charge on any atom is -0.344 e. The molecule has 3 heterocycles. The van der Waals surface area contributed by atoms with Crippen LogP contribution < -0.4 is 5.32 Å². The summed E-state index contributed by atoms with van der Waals surface area (Å²) < 4.78 is 4.90. The lowest BCUT2D eigenvalue weighted by Gasteiger charge is -2.36. The Morgan fingerprint density at radius 3 is 2.70 bits per heavy atom. The molecule has 0 bridgehead atoms. The molecule has 1 aromatic rings. The van der Waals surface area contributed by atoms with Crippen LogP contribution in [0.3, 0.4) is 0 Å². The normalized spacial score (nSPS) is 19.3. The summed E-state index contributed by atoms with van der Waals surface area (Å²) in [5.74, 6) is 0.117. The molecule has 0 aromatic carbocycles. The fourth-order valence-electron chi connectivity index (χ4n) is 3.29. The van der Waals surface area contributed by atoms with Crippen molar-refractivity contribution in [3.63, 3.8) is 0 Å². The number of urea groups is 1. The van der Waals surface area contributed by atoms with Crippen molar-refractivity contribution in [2.45, 2.75) is 38.6 Å². The van der Waals surface area contributed by atoms with Crippen molar-refractivity contribution in [3.8, 4) is 0 Å². The highest BCUT2D eigenvalue weighted by atomic mass is 35.5. The Hall–Kier alpha value is -1.76. The number of amides is 3. The largest absolute Gasteiger partial charge is 0.344 e. The molecule has 126 valence electrons. The Kier molecular flexibility index (Phi) is 4.75. The summed E-state index contributed by atoms with van der Waals surface area (Å²) in [6.07, 6.45) is 2.62. The first-order valence-electron chi connectivity index (χ1n) is 7.99. The maximum Gasteiger partial charge on any atom is 0.317 e. The van der Waals surface area contributed by atoms with E-state index in [1.165, 1.54) is 0 Å². The maximum atomic E-state index is 12.3. The van der Waals surface area contributed by atoms with Gasteiger partial charge >= 0.3 is 6.03 Å². The first-order chi connectivity index (χ1) is 11.1. The van der Waals surface area contributed by atoms with E-state index in [1.807, 2.05) is 16.7 Å². The summed E-state index contributed by atoms with van der Waals surface area (Å²) >= 11 is 5.92. The Balaban J connectivity index is 1.47. The average molecular weight is 341 g/mol. The monoisotopic (exact) mass is 340 g/mol. The van der Waals surface area contributed by atoms with Gasteiger partial charge in [0.1, 0.15) is 0 Å². The number of hydrogen-bond acceptors (Lipinski definition) is 4. The molecular formula is C15H21ClN4O3. The minimum atomic E-state index is 0.0207. The highest BCUT2D eigenvalue weighted by Gasteiger charge is 2.31. The van der Waals surface area contributed by atoms with Gasteiger partial charge in [-0.2, -0.15) is 0 Å². The highest BCUT2D eigenvalue weighted by Crippen LogP contribution is 2.22. The van der Waals surface area contributed by atoms with Gasteiger partial charge < -0.3 is 19.6 Å². The maximum absolute atomic E-state index is 12.3. The molecule has 0 saturated carbocycles. The predicted molar refractivity (Wildman–Crippen MR) is 84.3 cm³/mol. The number of aromatic nitrogens is 1. The summed E-state index contributed by atoms with van der Waals surface area (Å²) in [6, 6.07) is 0.267. The second kappa shape index (κ2) is 6.78. The van der Waals surface area contributed by atoms with Crippen molar-refractivity contribution in [2.75, 3.05) is 26.2 Å². The zero-order valence-electron chi connectivity index (χ0n) is 13.2. The van der Waals surface area contributed by atoms with E-state index in [2.05, 4.69) is 10.5 Å². The molecule has 8 heteroatoms. The van der Waals surface area contributed by atoms with Crippen LogP contribution >= 0.6 is 11.6 Å². The van der Waals surface area contributed by atoms with Crippen molar-refractivity contribution < 1.29 is 14.1 Å². The SMILES string of the molecule is Cc1noc(Cl)c1CCC(=O)N1CCC(N2CCNC2=O)CC1. The van der Waals surface area contributed by atoms with E-state index >= 15 is 0 Å². The van der Waals surface area contributed by atoms with Gasteiger partial charge in [0.15, 0.2) is 0 Å². The Morgan fingerprint density at radius 1 is 1.39 bits per heavy atom. The third-order valence-corrected chi connectivity index (χ3v) is 4.97. The molecular weight excluding hydrogens is 320 g/mol. The number of carbonyl (C=O) groups excluding carboxylic acids is 2. The van der Waals surface area contributed by atoms with Crippen molar-refractivity contribution in [1.82, 2.24) is 20.3 Å². The molecule has 3 amide bonds. The van der Waals surface area contributed by atoms with Crippen molar-refractivity contribution in [2.24, 2.45) is 0 Å². The zero-order valence-corrected chi connectivity index (χ0v) is 13.9. The van der Waals surface area contributed by atoms with Gasteiger partial charge in [-0.15, -0.1) is 0 Å². The number of nitrogens with zero attached hydrogens (tertiary/aromatic N) is 3. The quantitative estimate of drug-likeness (QED) is 0.902. The number of likely N-dealkylation sites (tertiary alicyclic amines) is 1. The van der Waals surface area contributed by atoms with E-state index in [-0.39, 0.29) is 23.2 Å². The van der Waals surface area contributed by atoms with Crippen molar-refractivity contribution in [1.29, 1.82) is 0 Å². The lowest BCUT2D eigenvalue weighted by molar-refractivity contribution is -0.132. The Bertz CT molecular complexity index is 576. The van der Waals surface area contributed by atoms with Gasteiger partial charge in [0.2, 0.25) is 11.1 Å². The minimum absolute atomic E-state index is 0.0207. The molecule has 0 radical (unpaired) electrons. The molecule has 3 rings (SSSR count). The van der Waals surface area contributed by atoms with Crippen LogP contribution in [0.25, 0.3) is 0 Å². The summed E-state index contributed by atoms with van der Waals surface area (Å²) in [6.45, 7) is 4.70. The highest BCUT2D eigenvalue weighted by molar-refractivity contribution is 6.29. The number of aryl methyl sites for hydroxylation is 1. The predicted octanol–water partition coefficient (Wildman–Crippen LogP) is 1.59. The van der Waals surface area contributed by atoms with Crippen LogP contribution in [0.4, 0.5) is 4.79 Å². The van der Waals surface area contributed by atoms with Crippen molar-refractivity contribution >= 4 is 23.5 Å². The van der Waals surface area contributed by atoms with Crippen LogP contribution in [0.15, 0.2) is 4.52 Å². The van der Waals surface area contributed by atoms with Gasteiger partial charge in [0, 0.05) is 44.2 Å². The van der Waals surface area contributed by atoms with Gasteiger partial charge in [-0.05, 0) is 37.8 Å². The number of carbonyl (C=O) groups is 2. The van der Waals surface area contributed by atoms with Crippen LogP contribution in [-0.4, -0.2) is 59.1 Å². The van der Waals surface area contributed by atoms with Crippen LogP contribution in [-0.2, 0) is 11.2 Å². The number of rotatable bonds is 4. The number of nitrogens with one attached hydrogen (secondary N) is 1. The van der Waals surface area contributed by atoms with Crippen LogP contribution in [0, 0.1) is 6.92 Å². The molecule has 0 atom stereocenters. The first kappa shape index (κ1) is 16.1. The topological polar surface area (TPSA) is 78.7 Å². The van der Waals surface area contributed by atoms with Gasteiger partial charge in [-0.25, -0.2) is 4.79 Å². The lowest BCUT2D eigenvalue weighted by Crippen LogP contribution is -2.47. The van der Waals surface area contributed by atoms with E-state index < -0.39 is 0 Å². The summed E-state index contributed by atoms with van der Waals surface area (Å²) in [5, 5.41) is 6.89. The average Bonchev–Trinajstić information content (AvgIpc) is 3.11. The third-order valence-electron chi connectivity index (χ3n) is 4.67. The lowest BCUT2D eigenvalue weighted by atomic mass is 10.0. The van der Waals surface area contributed by atoms with Crippen LogP contribution in [0.2, 0.25) is 5.22 Å². The van der Waals surface area contributed by atoms with E-state index in [1.54, 1.807) is 0 Å². The second-order valence-electron chi connectivity index (χ2n) is 6.06. The van der Waals surface area contributed by atoms with Crippen molar-refractivity contribution in [3.05, 3.63) is 16.5 Å². The summed E-state index contributed by atoms with van der Waals surface area (Å²) in [5.41, 5.74) is 1.55. The van der Waals surface area contributed by atoms with E-state index in [0.29, 0.717) is 25.9 Å². The Labute approximate surface area is 139 Å². The van der Waals surface area contributed by atoms with Gasteiger partial charge in [-0.3, -0.25) is 4.79 Å². The molecule has 0 spiro atoms. The fraction of sp³-hybridized carbons (Fsp3) is 0.667. The molecule has 0 unspecified atom stereocenters. The molecule has 1 aromatic heterocycles. The second-order valence-corrected chi connectivity index (χ2v) is 6.40. The zero-order chi connectivity index (χ0) is 16.4. The molecule has 23 heavy (non-hydrogen) atoms.